The predicted octanol–water partition coefficient (Wildman–Crippen LogP) is 2.14. The van der Waals surface area contributed by atoms with Gasteiger partial charge in [0.25, 0.3) is 5.91 Å². The average molecular weight is 313 g/mol. The summed E-state index contributed by atoms with van der Waals surface area (Å²) in [6.45, 7) is 7.37. The minimum Gasteiger partial charge on any atom is -0.493 e. The van der Waals surface area contributed by atoms with E-state index < -0.39 is 0 Å². The molecule has 0 radical (unpaired) electrons. The van der Waals surface area contributed by atoms with Gasteiger partial charge in [0.15, 0.2) is 18.1 Å². The molecule has 5 nitrogen and oxygen atoms in total. The van der Waals surface area contributed by atoms with E-state index in [4.69, 9.17) is 21.1 Å². The van der Waals surface area contributed by atoms with Crippen LogP contribution in [0.4, 0.5) is 0 Å². The van der Waals surface area contributed by atoms with Crippen molar-refractivity contribution < 1.29 is 14.3 Å². The number of carbonyl (C=O) groups excluding carboxylic acids is 1. The molecule has 0 aromatic heterocycles. The van der Waals surface area contributed by atoms with Crippen LogP contribution in [-0.2, 0) is 11.3 Å². The van der Waals surface area contributed by atoms with Crippen molar-refractivity contribution in [2.45, 2.75) is 13.5 Å². The van der Waals surface area contributed by atoms with Crippen molar-refractivity contribution in [2.75, 3.05) is 26.8 Å². The molecule has 1 aromatic rings. The molecule has 0 bridgehead atoms. The Balaban J connectivity index is 2.76. The summed E-state index contributed by atoms with van der Waals surface area (Å²) in [5, 5.41) is 6.25. The maximum absolute atomic E-state index is 11.5. The molecule has 1 rings (SSSR count). The highest BCUT2D eigenvalue weighted by atomic mass is 35.5. The van der Waals surface area contributed by atoms with Crippen LogP contribution in [0.2, 0.25) is 5.02 Å². The van der Waals surface area contributed by atoms with Crippen LogP contribution in [0, 0.1) is 0 Å². The van der Waals surface area contributed by atoms with E-state index in [9.17, 15) is 4.79 Å². The van der Waals surface area contributed by atoms with E-state index in [2.05, 4.69) is 17.2 Å². The molecule has 1 aromatic carbocycles. The number of amides is 1. The van der Waals surface area contributed by atoms with Crippen LogP contribution < -0.4 is 20.1 Å². The number of benzene rings is 1. The third-order valence-corrected chi connectivity index (χ3v) is 2.94. The maximum atomic E-state index is 11.5. The number of hydrogen-bond donors (Lipinski definition) is 2. The van der Waals surface area contributed by atoms with Crippen molar-refractivity contribution >= 4 is 17.5 Å². The van der Waals surface area contributed by atoms with Gasteiger partial charge in [-0.1, -0.05) is 24.6 Å². The molecule has 0 saturated heterocycles. The highest BCUT2D eigenvalue weighted by Gasteiger charge is 2.13. The summed E-state index contributed by atoms with van der Waals surface area (Å²) >= 11 is 6.20. The van der Waals surface area contributed by atoms with Crippen molar-refractivity contribution in [1.82, 2.24) is 10.6 Å². The van der Waals surface area contributed by atoms with Gasteiger partial charge in [0.2, 0.25) is 0 Å². The fourth-order valence-corrected chi connectivity index (χ4v) is 1.95. The molecule has 0 saturated carbocycles. The van der Waals surface area contributed by atoms with Gasteiger partial charge in [-0.25, -0.2) is 0 Å². The second-order valence-corrected chi connectivity index (χ2v) is 4.68. The van der Waals surface area contributed by atoms with Gasteiger partial charge in [0.05, 0.1) is 12.1 Å². The molecule has 116 valence electrons. The molecule has 0 spiro atoms. The van der Waals surface area contributed by atoms with Crippen molar-refractivity contribution in [1.29, 1.82) is 0 Å². The van der Waals surface area contributed by atoms with Crippen LogP contribution in [0.25, 0.3) is 0 Å². The number of methoxy groups -OCH3 is 1. The van der Waals surface area contributed by atoms with Crippen LogP contribution in [0.15, 0.2) is 24.8 Å². The maximum Gasteiger partial charge on any atom is 0.258 e. The van der Waals surface area contributed by atoms with Crippen LogP contribution in [0.1, 0.15) is 12.5 Å². The van der Waals surface area contributed by atoms with Gasteiger partial charge in [0.1, 0.15) is 0 Å². The van der Waals surface area contributed by atoms with Gasteiger partial charge in [-0.15, -0.1) is 6.58 Å². The van der Waals surface area contributed by atoms with E-state index in [1.54, 1.807) is 12.1 Å². The Kier molecular flexibility index (Phi) is 7.64. The number of hydrogen-bond acceptors (Lipinski definition) is 4. The van der Waals surface area contributed by atoms with Crippen molar-refractivity contribution in [3.8, 4) is 11.5 Å². The zero-order chi connectivity index (χ0) is 15.7. The Hall–Kier alpha value is -1.72. The molecule has 2 N–H and O–H groups in total. The SMILES string of the molecule is C=CCNC(=O)COc1c(Cl)cc(CNCC)cc1OC. The number of ether oxygens (including phenoxy) is 2. The second-order valence-electron chi connectivity index (χ2n) is 4.27. The van der Waals surface area contributed by atoms with Gasteiger partial charge in [-0.2, -0.15) is 0 Å². The summed E-state index contributed by atoms with van der Waals surface area (Å²) in [4.78, 5) is 11.5. The quantitative estimate of drug-likeness (QED) is 0.686. The zero-order valence-electron chi connectivity index (χ0n) is 12.4. The molecule has 0 atom stereocenters. The van der Waals surface area contributed by atoms with Gasteiger partial charge in [-0.05, 0) is 24.2 Å². The number of halogens is 1. The lowest BCUT2D eigenvalue weighted by atomic mass is 10.2. The molecule has 0 fully saturated rings. The van der Waals surface area contributed by atoms with Gasteiger partial charge >= 0.3 is 0 Å². The van der Waals surface area contributed by atoms with Gasteiger partial charge in [0, 0.05) is 13.1 Å². The fourth-order valence-electron chi connectivity index (χ4n) is 1.66. The second kappa shape index (κ2) is 9.26. The lowest BCUT2D eigenvalue weighted by molar-refractivity contribution is -0.122. The standard InChI is InChI=1S/C15H21ClN2O3/c1-4-6-18-14(19)10-21-15-12(16)7-11(9-17-5-2)8-13(15)20-3/h4,7-8,17H,1,5-6,9-10H2,2-3H3,(H,18,19). The molecule has 1 amide bonds. The smallest absolute Gasteiger partial charge is 0.258 e. The normalized spacial score (nSPS) is 10.0. The van der Waals surface area contributed by atoms with Crippen LogP contribution in [0.5, 0.6) is 11.5 Å². The highest BCUT2D eigenvalue weighted by molar-refractivity contribution is 6.32. The van der Waals surface area contributed by atoms with Crippen LogP contribution >= 0.6 is 11.6 Å². The first kappa shape index (κ1) is 17.3. The molecule has 0 unspecified atom stereocenters. The molecular formula is C15H21ClN2O3. The Morgan fingerprint density at radius 3 is 2.86 bits per heavy atom. The van der Waals surface area contributed by atoms with E-state index in [1.165, 1.54) is 7.11 Å². The summed E-state index contributed by atoms with van der Waals surface area (Å²) in [6.07, 6.45) is 1.60. The monoisotopic (exact) mass is 312 g/mol. The molecule has 0 aliphatic rings. The minimum absolute atomic E-state index is 0.128. The van der Waals surface area contributed by atoms with Crippen molar-refractivity contribution in [2.24, 2.45) is 0 Å². The Bertz CT molecular complexity index is 492. The minimum atomic E-state index is -0.246. The first-order chi connectivity index (χ1) is 10.1. The summed E-state index contributed by atoms with van der Waals surface area (Å²) in [5.41, 5.74) is 0.988. The van der Waals surface area contributed by atoms with Gasteiger partial charge < -0.3 is 20.1 Å². The van der Waals surface area contributed by atoms with Crippen molar-refractivity contribution in [3.05, 3.63) is 35.4 Å². The van der Waals surface area contributed by atoms with E-state index in [0.29, 0.717) is 29.6 Å². The third-order valence-electron chi connectivity index (χ3n) is 2.66. The summed E-state index contributed by atoms with van der Waals surface area (Å²) in [7, 11) is 1.54. The average Bonchev–Trinajstić information content (AvgIpc) is 2.49. The van der Waals surface area contributed by atoms with Crippen LogP contribution in [0.3, 0.4) is 0 Å². The lowest BCUT2D eigenvalue weighted by Gasteiger charge is -2.14. The molecule has 6 heteroatoms. The van der Waals surface area contributed by atoms with Gasteiger partial charge in [-0.3, -0.25) is 4.79 Å². The Morgan fingerprint density at radius 2 is 2.24 bits per heavy atom. The summed E-state index contributed by atoms with van der Waals surface area (Å²) < 4.78 is 10.7. The first-order valence-electron chi connectivity index (χ1n) is 6.69. The highest BCUT2D eigenvalue weighted by Crippen LogP contribution is 2.36. The van der Waals surface area contributed by atoms with Crippen LogP contribution in [-0.4, -0.2) is 32.7 Å². The van der Waals surface area contributed by atoms with E-state index >= 15 is 0 Å². The Labute approximate surface area is 130 Å². The van der Waals surface area contributed by atoms with E-state index in [-0.39, 0.29) is 12.5 Å². The van der Waals surface area contributed by atoms with E-state index in [0.717, 1.165) is 12.1 Å². The first-order valence-corrected chi connectivity index (χ1v) is 7.07. The molecule has 0 aliphatic heterocycles. The largest absolute Gasteiger partial charge is 0.493 e. The number of nitrogens with one attached hydrogen (secondary N) is 2. The molecule has 21 heavy (non-hydrogen) atoms. The number of rotatable bonds is 9. The summed E-state index contributed by atoms with van der Waals surface area (Å²) in [6, 6.07) is 3.63. The zero-order valence-corrected chi connectivity index (χ0v) is 13.1. The molecular weight excluding hydrogens is 292 g/mol. The Morgan fingerprint density at radius 1 is 1.48 bits per heavy atom. The van der Waals surface area contributed by atoms with Crippen molar-refractivity contribution in [3.63, 3.8) is 0 Å². The summed E-state index contributed by atoms with van der Waals surface area (Å²) in [5.74, 6) is 0.629. The predicted molar refractivity (Wildman–Crippen MR) is 84.1 cm³/mol. The molecule has 0 aliphatic carbocycles. The number of carbonyl (C=O) groups is 1. The lowest BCUT2D eigenvalue weighted by Crippen LogP contribution is -2.28. The topological polar surface area (TPSA) is 59.6 Å². The van der Waals surface area contributed by atoms with E-state index in [1.807, 2.05) is 13.0 Å². The molecule has 0 heterocycles. The third kappa shape index (κ3) is 5.65. The fraction of sp³-hybridized carbons (Fsp3) is 0.400.